The van der Waals surface area contributed by atoms with Crippen LogP contribution in [0.2, 0.25) is 0 Å². The van der Waals surface area contributed by atoms with Gasteiger partial charge in [-0.1, -0.05) is 19.9 Å². The van der Waals surface area contributed by atoms with Crippen molar-refractivity contribution in [3.63, 3.8) is 0 Å². The molecule has 2 amide bonds. The van der Waals surface area contributed by atoms with Crippen molar-refractivity contribution in [2.45, 2.75) is 26.7 Å². The Balaban J connectivity index is 1.77. The summed E-state index contributed by atoms with van der Waals surface area (Å²) in [6, 6.07) is 12.9. The Morgan fingerprint density at radius 2 is 1.53 bits per heavy atom. The van der Waals surface area contributed by atoms with Gasteiger partial charge in [0.05, 0.1) is 18.8 Å². The molecule has 2 aromatic carbocycles. The molecule has 0 aromatic heterocycles. The number of esters is 1. The van der Waals surface area contributed by atoms with Gasteiger partial charge in [0.15, 0.2) is 6.61 Å². The van der Waals surface area contributed by atoms with Crippen molar-refractivity contribution in [3.8, 4) is 11.5 Å². The first kappa shape index (κ1) is 22.7. The fourth-order valence-electron chi connectivity index (χ4n) is 2.30. The fourth-order valence-corrected chi connectivity index (χ4v) is 2.30. The molecule has 2 rings (SSSR count). The third-order valence-electron chi connectivity index (χ3n) is 3.78. The first-order valence-corrected chi connectivity index (χ1v) is 9.75. The average Bonchev–Trinajstić information content (AvgIpc) is 2.78. The molecule has 0 aliphatic heterocycles. The van der Waals surface area contributed by atoms with Gasteiger partial charge in [-0.25, -0.2) is 4.79 Å². The number of ether oxygens (including phenoxy) is 3. The van der Waals surface area contributed by atoms with Gasteiger partial charge in [0, 0.05) is 5.56 Å². The molecule has 0 saturated carbocycles. The summed E-state index contributed by atoms with van der Waals surface area (Å²) in [5.74, 6) is -0.424. The molecule has 0 unspecified atom stereocenters. The Morgan fingerprint density at radius 1 is 0.800 bits per heavy atom. The van der Waals surface area contributed by atoms with Crippen LogP contribution in [0.15, 0.2) is 48.5 Å². The lowest BCUT2D eigenvalue weighted by Crippen LogP contribution is -2.43. The summed E-state index contributed by atoms with van der Waals surface area (Å²) in [4.78, 5) is 35.8. The van der Waals surface area contributed by atoms with Gasteiger partial charge < -0.3 is 14.2 Å². The van der Waals surface area contributed by atoms with E-state index in [1.807, 2.05) is 13.8 Å². The summed E-state index contributed by atoms with van der Waals surface area (Å²) in [6.07, 6.45) is 1.61. The fraction of sp³-hybridized carbons (Fsp3) is 0.318. The minimum absolute atomic E-state index is 0.306. The highest BCUT2D eigenvalue weighted by Gasteiger charge is 2.10. The summed E-state index contributed by atoms with van der Waals surface area (Å²) in [5.41, 5.74) is 5.37. The number of hydrazine groups is 1. The summed E-state index contributed by atoms with van der Waals surface area (Å²) in [7, 11) is 0. The third kappa shape index (κ3) is 7.46. The smallest absolute Gasteiger partial charge is 0.338 e. The van der Waals surface area contributed by atoms with Gasteiger partial charge in [-0.05, 0) is 55.3 Å². The van der Waals surface area contributed by atoms with Crippen molar-refractivity contribution >= 4 is 17.8 Å². The maximum Gasteiger partial charge on any atom is 0.338 e. The van der Waals surface area contributed by atoms with E-state index < -0.39 is 17.8 Å². The van der Waals surface area contributed by atoms with Crippen LogP contribution in [0, 0.1) is 0 Å². The molecular formula is C22H26N2O6. The van der Waals surface area contributed by atoms with E-state index in [-0.39, 0.29) is 6.61 Å². The van der Waals surface area contributed by atoms with E-state index in [1.165, 1.54) is 0 Å². The Hall–Kier alpha value is -3.55. The maximum atomic E-state index is 12.2. The van der Waals surface area contributed by atoms with E-state index in [4.69, 9.17) is 14.2 Å². The zero-order chi connectivity index (χ0) is 21.8. The van der Waals surface area contributed by atoms with Crippen LogP contribution in [0.3, 0.4) is 0 Å². The van der Waals surface area contributed by atoms with Gasteiger partial charge in [-0.2, -0.15) is 0 Å². The van der Waals surface area contributed by atoms with E-state index >= 15 is 0 Å². The van der Waals surface area contributed by atoms with E-state index in [0.717, 1.165) is 12.8 Å². The Labute approximate surface area is 175 Å². The molecule has 0 spiro atoms. The van der Waals surface area contributed by atoms with Gasteiger partial charge in [-0.15, -0.1) is 0 Å². The Kier molecular flexibility index (Phi) is 9.18. The van der Waals surface area contributed by atoms with Gasteiger partial charge in [0.25, 0.3) is 11.8 Å². The van der Waals surface area contributed by atoms with E-state index in [1.54, 1.807) is 48.5 Å². The van der Waals surface area contributed by atoms with Crippen LogP contribution in [0.1, 0.15) is 47.4 Å². The lowest BCUT2D eigenvalue weighted by molar-refractivity contribution is -0.123. The first-order chi connectivity index (χ1) is 14.5. The van der Waals surface area contributed by atoms with Crippen LogP contribution in [-0.4, -0.2) is 37.6 Å². The lowest BCUT2D eigenvalue weighted by atomic mass is 10.2. The second-order valence-electron chi connectivity index (χ2n) is 6.33. The molecule has 0 aliphatic carbocycles. The van der Waals surface area contributed by atoms with E-state index in [0.29, 0.717) is 35.8 Å². The number of hydrogen-bond donors (Lipinski definition) is 2. The predicted octanol–water partition coefficient (Wildman–Crippen LogP) is 2.88. The van der Waals surface area contributed by atoms with Crippen molar-refractivity contribution in [1.82, 2.24) is 10.9 Å². The minimum Gasteiger partial charge on any atom is -0.494 e. The first-order valence-electron chi connectivity index (χ1n) is 9.75. The summed E-state index contributed by atoms with van der Waals surface area (Å²) in [5, 5.41) is 0. The number of nitrogens with one attached hydrogen (secondary N) is 2. The molecule has 0 aliphatic rings. The van der Waals surface area contributed by atoms with E-state index in [2.05, 4.69) is 10.9 Å². The lowest BCUT2D eigenvalue weighted by Gasteiger charge is -2.10. The van der Waals surface area contributed by atoms with Crippen molar-refractivity contribution < 1.29 is 28.6 Å². The van der Waals surface area contributed by atoms with Crippen LogP contribution in [-0.2, 0) is 9.53 Å². The highest BCUT2D eigenvalue weighted by atomic mass is 16.5. The molecule has 30 heavy (non-hydrogen) atoms. The van der Waals surface area contributed by atoms with Gasteiger partial charge >= 0.3 is 5.97 Å². The summed E-state index contributed by atoms with van der Waals surface area (Å²) < 4.78 is 15.9. The molecule has 0 saturated heterocycles. The molecule has 8 heteroatoms. The van der Waals surface area contributed by atoms with Gasteiger partial charge in [0.2, 0.25) is 0 Å². The maximum absolute atomic E-state index is 12.2. The van der Waals surface area contributed by atoms with Crippen LogP contribution in [0.5, 0.6) is 11.5 Å². The van der Waals surface area contributed by atoms with Crippen molar-refractivity contribution in [3.05, 3.63) is 59.7 Å². The number of amides is 2. The van der Waals surface area contributed by atoms with Crippen LogP contribution < -0.4 is 20.3 Å². The highest BCUT2D eigenvalue weighted by molar-refractivity contribution is 5.95. The molecule has 8 nitrogen and oxygen atoms in total. The van der Waals surface area contributed by atoms with Crippen LogP contribution in [0.25, 0.3) is 0 Å². The van der Waals surface area contributed by atoms with Gasteiger partial charge in [-0.3, -0.25) is 20.4 Å². The third-order valence-corrected chi connectivity index (χ3v) is 3.78. The SMILES string of the molecule is CCCOC(=O)c1ccc(OCC(=O)NNC(=O)c2cccc(OCCC)c2)cc1. The van der Waals surface area contributed by atoms with Crippen LogP contribution in [0.4, 0.5) is 0 Å². The number of carbonyl (C=O) groups is 3. The number of hydrogen-bond acceptors (Lipinski definition) is 6. The largest absolute Gasteiger partial charge is 0.494 e. The molecule has 0 bridgehead atoms. The number of benzene rings is 2. The zero-order valence-corrected chi connectivity index (χ0v) is 17.1. The normalized spacial score (nSPS) is 10.1. The average molecular weight is 414 g/mol. The quantitative estimate of drug-likeness (QED) is 0.458. The van der Waals surface area contributed by atoms with Crippen LogP contribution >= 0.6 is 0 Å². The van der Waals surface area contributed by atoms with Crippen molar-refractivity contribution in [1.29, 1.82) is 0 Å². The molecule has 0 radical (unpaired) electrons. The predicted molar refractivity (Wildman–Crippen MR) is 110 cm³/mol. The monoisotopic (exact) mass is 414 g/mol. The molecule has 0 fully saturated rings. The molecule has 2 N–H and O–H groups in total. The summed E-state index contributed by atoms with van der Waals surface area (Å²) in [6.45, 7) is 4.51. The van der Waals surface area contributed by atoms with Gasteiger partial charge in [0.1, 0.15) is 11.5 Å². The highest BCUT2D eigenvalue weighted by Crippen LogP contribution is 2.14. The second-order valence-corrected chi connectivity index (χ2v) is 6.33. The molecule has 0 atom stereocenters. The summed E-state index contributed by atoms with van der Waals surface area (Å²) >= 11 is 0. The van der Waals surface area contributed by atoms with Crippen molar-refractivity contribution in [2.24, 2.45) is 0 Å². The zero-order valence-electron chi connectivity index (χ0n) is 17.1. The molecule has 160 valence electrons. The topological polar surface area (TPSA) is 103 Å². The minimum atomic E-state index is -0.534. The standard InChI is InChI=1S/C22H26N2O6/c1-3-12-28-19-7-5-6-17(14-19)21(26)24-23-20(25)15-30-18-10-8-16(9-11-18)22(27)29-13-4-2/h5-11,14H,3-4,12-13,15H2,1-2H3,(H,23,25)(H,24,26). The number of rotatable bonds is 10. The molecule has 2 aromatic rings. The molecule has 0 heterocycles. The second kappa shape index (κ2) is 12.1. The van der Waals surface area contributed by atoms with Crippen molar-refractivity contribution in [2.75, 3.05) is 19.8 Å². The Bertz CT molecular complexity index is 851. The Morgan fingerprint density at radius 3 is 2.23 bits per heavy atom. The van der Waals surface area contributed by atoms with E-state index in [9.17, 15) is 14.4 Å². The number of carbonyl (C=O) groups excluding carboxylic acids is 3. The molecular weight excluding hydrogens is 388 g/mol.